The summed E-state index contributed by atoms with van der Waals surface area (Å²) in [5.41, 5.74) is 2.39. The second kappa shape index (κ2) is 11.0. The number of ether oxygens (including phenoxy) is 1. The molecule has 2 aromatic carbocycles. The minimum atomic E-state index is -0.524. The average Bonchev–Trinajstić information content (AvgIpc) is 2.69. The summed E-state index contributed by atoms with van der Waals surface area (Å²) < 4.78 is 4.74. The molecule has 0 heterocycles. The van der Waals surface area contributed by atoms with E-state index in [0.29, 0.717) is 12.2 Å². The molecule has 0 fully saturated rings. The number of amides is 2. The van der Waals surface area contributed by atoms with Gasteiger partial charge in [-0.15, -0.1) is 0 Å². The first-order chi connectivity index (χ1) is 13.9. The van der Waals surface area contributed by atoms with Gasteiger partial charge in [-0.1, -0.05) is 37.3 Å². The van der Waals surface area contributed by atoms with Crippen molar-refractivity contribution in [3.8, 4) is 0 Å². The largest absolute Gasteiger partial charge is 0.465 e. The Morgan fingerprint density at radius 2 is 1.45 bits per heavy atom. The van der Waals surface area contributed by atoms with Crippen LogP contribution < -0.4 is 10.6 Å². The second-order valence-corrected chi connectivity index (χ2v) is 6.66. The first-order valence-electron chi connectivity index (χ1n) is 9.49. The fourth-order valence-corrected chi connectivity index (χ4v) is 2.91. The highest BCUT2D eigenvalue weighted by molar-refractivity contribution is 6.02. The molecule has 7 heteroatoms. The van der Waals surface area contributed by atoms with Crippen LogP contribution in [-0.2, 0) is 14.3 Å². The van der Waals surface area contributed by atoms with Gasteiger partial charge in [0, 0.05) is 5.69 Å². The van der Waals surface area contributed by atoms with Crippen LogP contribution in [0.25, 0.3) is 0 Å². The van der Waals surface area contributed by atoms with Gasteiger partial charge >= 0.3 is 5.97 Å². The maximum absolute atomic E-state index is 12.5. The molecule has 7 nitrogen and oxygen atoms in total. The first kappa shape index (κ1) is 22.1. The molecule has 0 aliphatic heterocycles. The highest BCUT2D eigenvalue weighted by Gasteiger charge is 2.17. The maximum Gasteiger partial charge on any atom is 0.339 e. The molecule has 2 rings (SSSR count). The van der Waals surface area contributed by atoms with Crippen LogP contribution in [-0.4, -0.2) is 49.4 Å². The fourth-order valence-electron chi connectivity index (χ4n) is 2.91. The Labute approximate surface area is 171 Å². The normalized spacial score (nSPS) is 10.5. The zero-order valence-electron chi connectivity index (χ0n) is 17.0. The predicted molar refractivity (Wildman–Crippen MR) is 113 cm³/mol. The topological polar surface area (TPSA) is 87.7 Å². The van der Waals surface area contributed by atoms with Crippen molar-refractivity contribution in [3.63, 3.8) is 0 Å². The summed E-state index contributed by atoms with van der Waals surface area (Å²) >= 11 is 0. The Bertz CT molecular complexity index is 867. The van der Waals surface area contributed by atoms with Crippen molar-refractivity contribution in [2.24, 2.45) is 0 Å². The number of hydrogen-bond acceptors (Lipinski definition) is 5. The Hall–Kier alpha value is -3.19. The number of aryl methyl sites for hydroxylation is 1. The predicted octanol–water partition coefficient (Wildman–Crippen LogP) is 3.07. The van der Waals surface area contributed by atoms with E-state index in [2.05, 4.69) is 10.6 Å². The summed E-state index contributed by atoms with van der Waals surface area (Å²) in [5, 5.41) is 5.61. The van der Waals surface area contributed by atoms with Crippen LogP contribution >= 0.6 is 0 Å². The maximum atomic E-state index is 12.5. The molecular formula is C22H27N3O4. The highest BCUT2D eigenvalue weighted by Crippen LogP contribution is 2.16. The summed E-state index contributed by atoms with van der Waals surface area (Å²) in [6.45, 7) is 4.62. The van der Waals surface area contributed by atoms with Gasteiger partial charge in [0.15, 0.2) is 0 Å². The van der Waals surface area contributed by atoms with E-state index < -0.39 is 5.97 Å². The van der Waals surface area contributed by atoms with Crippen LogP contribution in [0.2, 0.25) is 0 Å². The van der Waals surface area contributed by atoms with Crippen LogP contribution in [0, 0.1) is 6.92 Å². The number of anilines is 2. The molecule has 2 amide bonds. The number of rotatable bonds is 9. The van der Waals surface area contributed by atoms with Gasteiger partial charge in [-0.2, -0.15) is 0 Å². The van der Waals surface area contributed by atoms with Crippen LogP contribution in [0.5, 0.6) is 0 Å². The Morgan fingerprint density at radius 1 is 0.897 bits per heavy atom. The molecule has 0 bridgehead atoms. The molecule has 0 aromatic heterocycles. The Balaban J connectivity index is 1.99. The first-order valence-corrected chi connectivity index (χ1v) is 9.49. The van der Waals surface area contributed by atoms with Gasteiger partial charge in [-0.3, -0.25) is 14.5 Å². The van der Waals surface area contributed by atoms with E-state index in [0.717, 1.165) is 17.7 Å². The zero-order valence-corrected chi connectivity index (χ0v) is 17.0. The van der Waals surface area contributed by atoms with Gasteiger partial charge in [0.05, 0.1) is 31.5 Å². The summed E-state index contributed by atoms with van der Waals surface area (Å²) in [6, 6.07) is 14.2. The monoisotopic (exact) mass is 397 g/mol. The molecule has 0 aliphatic rings. The Morgan fingerprint density at radius 3 is 2.03 bits per heavy atom. The Kier molecular flexibility index (Phi) is 8.36. The van der Waals surface area contributed by atoms with Gasteiger partial charge in [-0.05, 0) is 43.7 Å². The van der Waals surface area contributed by atoms with E-state index >= 15 is 0 Å². The summed E-state index contributed by atoms with van der Waals surface area (Å²) in [7, 11) is 1.29. The number of hydrogen-bond donors (Lipinski definition) is 2. The minimum Gasteiger partial charge on any atom is -0.465 e. The zero-order chi connectivity index (χ0) is 21.2. The smallest absolute Gasteiger partial charge is 0.339 e. The summed E-state index contributed by atoms with van der Waals surface area (Å²) in [5.74, 6) is -1.02. The molecule has 0 saturated heterocycles. The third kappa shape index (κ3) is 6.73. The van der Waals surface area contributed by atoms with Crippen molar-refractivity contribution >= 4 is 29.2 Å². The van der Waals surface area contributed by atoms with Gasteiger partial charge < -0.3 is 15.4 Å². The van der Waals surface area contributed by atoms with Gasteiger partial charge in [0.2, 0.25) is 11.8 Å². The van der Waals surface area contributed by atoms with E-state index in [-0.39, 0.29) is 30.5 Å². The molecule has 2 aromatic rings. The molecule has 0 aliphatic carbocycles. The van der Waals surface area contributed by atoms with Crippen LogP contribution in [0.15, 0.2) is 48.5 Å². The quantitative estimate of drug-likeness (QED) is 0.635. The molecule has 0 atom stereocenters. The molecule has 29 heavy (non-hydrogen) atoms. The van der Waals surface area contributed by atoms with Crippen LogP contribution in [0.4, 0.5) is 11.4 Å². The van der Waals surface area contributed by atoms with Gasteiger partial charge in [0.1, 0.15) is 0 Å². The van der Waals surface area contributed by atoms with Crippen LogP contribution in [0.1, 0.15) is 29.3 Å². The van der Waals surface area contributed by atoms with E-state index in [1.807, 2.05) is 38.1 Å². The number of para-hydroxylation sites is 2. The van der Waals surface area contributed by atoms with Crippen molar-refractivity contribution in [2.75, 3.05) is 37.4 Å². The number of esters is 1. The van der Waals surface area contributed by atoms with Crippen molar-refractivity contribution in [1.29, 1.82) is 0 Å². The van der Waals surface area contributed by atoms with E-state index in [9.17, 15) is 14.4 Å². The number of methoxy groups -OCH3 is 1. The summed E-state index contributed by atoms with van der Waals surface area (Å²) in [4.78, 5) is 38.6. The van der Waals surface area contributed by atoms with E-state index in [1.165, 1.54) is 7.11 Å². The lowest BCUT2D eigenvalue weighted by Crippen LogP contribution is -2.39. The van der Waals surface area contributed by atoms with Gasteiger partial charge in [-0.25, -0.2) is 4.79 Å². The minimum absolute atomic E-state index is 0.0323. The van der Waals surface area contributed by atoms with Crippen LogP contribution in [0.3, 0.4) is 0 Å². The second-order valence-electron chi connectivity index (χ2n) is 6.66. The number of carbonyl (C=O) groups is 3. The number of benzene rings is 2. The number of nitrogens with one attached hydrogen (secondary N) is 2. The van der Waals surface area contributed by atoms with Crippen molar-refractivity contribution in [1.82, 2.24) is 4.90 Å². The van der Waals surface area contributed by atoms with Gasteiger partial charge in [0.25, 0.3) is 0 Å². The third-order valence-corrected chi connectivity index (χ3v) is 4.30. The molecule has 0 radical (unpaired) electrons. The molecule has 0 unspecified atom stereocenters. The lowest BCUT2D eigenvalue weighted by molar-refractivity contribution is -0.120. The average molecular weight is 397 g/mol. The molecule has 0 spiro atoms. The molecule has 154 valence electrons. The molecule has 0 saturated carbocycles. The van der Waals surface area contributed by atoms with Crippen molar-refractivity contribution < 1.29 is 19.1 Å². The molecular weight excluding hydrogens is 370 g/mol. The SMILES string of the molecule is CCCN(CC(=O)Nc1ccccc1C)CC(=O)Nc1ccccc1C(=O)OC. The van der Waals surface area contributed by atoms with E-state index in [4.69, 9.17) is 4.74 Å². The lowest BCUT2D eigenvalue weighted by atomic mass is 10.2. The van der Waals surface area contributed by atoms with Crippen molar-refractivity contribution in [2.45, 2.75) is 20.3 Å². The fraction of sp³-hybridized carbons (Fsp3) is 0.318. The van der Waals surface area contributed by atoms with E-state index in [1.54, 1.807) is 29.2 Å². The van der Waals surface area contributed by atoms with Crippen molar-refractivity contribution in [3.05, 3.63) is 59.7 Å². The third-order valence-electron chi connectivity index (χ3n) is 4.30. The number of nitrogens with zero attached hydrogens (tertiary/aromatic N) is 1. The lowest BCUT2D eigenvalue weighted by Gasteiger charge is -2.21. The standard InChI is InChI=1S/C22H27N3O4/c1-4-13-25(14-20(26)23-18-11-7-5-9-16(18)2)15-21(27)24-19-12-8-6-10-17(19)22(28)29-3/h5-12H,4,13-15H2,1-3H3,(H,23,26)(H,24,27). The summed E-state index contributed by atoms with van der Waals surface area (Å²) in [6.07, 6.45) is 0.795. The highest BCUT2D eigenvalue weighted by atomic mass is 16.5. The number of carbonyl (C=O) groups excluding carboxylic acids is 3. The molecule has 2 N–H and O–H groups in total.